The van der Waals surface area contributed by atoms with E-state index in [4.69, 9.17) is 0 Å². The molecule has 1 aliphatic heterocycles. The lowest BCUT2D eigenvalue weighted by molar-refractivity contribution is -0.133. The molecule has 0 unspecified atom stereocenters. The predicted molar refractivity (Wildman–Crippen MR) is 109 cm³/mol. The van der Waals surface area contributed by atoms with E-state index in [0.717, 1.165) is 37.7 Å². The summed E-state index contributed by atoms with van der Waals surface area (Å²) in [6.45, 7) is 3.82. The van der Waals surface area contributed by atoms with E-state index in [2.05, 4.69) is 0 Å². The van der Waals surface area contributed by atoms with Crippen LogP contribution in [0.2, 0.25) is 0 Å². The van der Waals surface area contributed by atoms with Crippen molar-refractivity contribution in [3.8, 4) is 0 Å². The van der Waals surface area contributed by atoms with Gasteiger partial charge in [-0.25, -0.2) is 16.8 Å². The minimum atomic E-state index is -3.33. The zero-order valence-corrected chi connectivity index (χ0v) is 18.1. The first-order valence-electron chi connectivity index (χ1n) is 9.95. The average Bonchev–Trinajstić information content (AvgIpc) is 2.61. The molecule has 0 radical (unpaired) electrons. The van der Waals surface area contributed by atoms with Crippen LogP contribution in [0, 0.1) is 0 Å². The molecule has 2 fully saturated rings. The Labute approximate surface area is 168 Å². The van der Waals surface area contributed by atoms with Crippen LogP contribution in [0.15, 0.2) is 29.2 Å². The second kappa shape index (κ2) is 8.14. The van der Waals surface area contributed by atoms with Crippen LogP contribution in [0.4, 0.5) is 0 Å². The van der Waals surface area contributed by atoms with E-state index in [0.29, 0.717) is 0 Å². The predicted octanol–water partition coefficient (Wildman–Crippen LogP) is 2.37. The van der Waals surface area contributed by atoms with Gasteiger partial charge in [-0.15, -0.1) is 0 Å². The maximum absolute atomic E-state index is 12.7. The Hall–Kier alpha value is -1.41. The Morgan fingerprint density at radius 3 is 2.07 bits per heavy atom. The fourth-order valence-corrected chi connectivity index (χ4v) is 7.24. The lowest BCUT2D eigenvalue weighted by atomic mass is 10.0. The molecule has 3 rings (SSSR count). The van der Waals surface area contributed by atoms with E-state index in [1.54, 1.807) is 30.9 Å². The van der Waals surface area contributed by atoms with Gasteiger partial charge in [-0.2, -0.15) is 0 Å². The van der Waals surface area contributed by atoms with Crippen LogP contribution in [0.5, 0.6) is 0 Å². The van der Waals surface area contributed by atoms with Crippen molar-refractivity contribution >= 4 is 25.6 Å². The van der Waals surface area contributed by atoms with E-state index < -0.39 is 30.2 Å². The van der Waals surface area contributed by atoms with Crippen LogP contribution in [0.1, 0.15) is 51.5 Å². The van der Waals surface area contributed by atoms with Crippen LogP contribution < -0.4 is 0 Å². The molecular weight excluding hydrogens is 398 g/mol. The van der Waals surface area contributed by atoms with Gasteiger partial charge in [0.15, 0.2) is 19.7 Å². The minimum Gasteiger partial charge on any atom is -0.340 e. The number of likely N-dealkylation sites (tertiary alicyclic amines) is 1. The second-order valence-electron chi connectivity index (χ2n) is 8.18. The molecule has 6 nitrogen and oxygen atoms in total. The number of carbonyl (C=O) groups is 1. The van der Waals surface area contributed by atoms with Gasteiger partial charge in [-0.1, -0.05) is 31.4 Å². The van der Waals surface area contributed by atoms with Gasteiger partial charge in [0.25, 0.3) is 0 Å². The molecule has 1 amide bonds. The molecule has 8 heteroatoms. The highest BCUT2D eigenvalue weighted by atomic mass is 32.2. The van der Waals surface area contributed by atoms with Crippen molar-refractivity contribution in [2.75, 3.05) is 13.1 Å². The topological polar surface area (TPSA) is 88.6 Å². The molecule has 1 saturated carbocycles. The summed E-state index contributed by atoms with van der Waals surface area (Å²) in [6, 6.07) is 6.38. The maximum atomic E-state index is 12.7. The van der Waals surface area contributed by atoms with Crippen molar-refractivity contribution in [2.45, 2.75) is 73.0 Å². The molecule has 1 aliphatic carbocycles. The van der Waals surface area contributed by atoms with Crippen molar-refractivity contribution in [3.05, 3.63) is 29.8 Å². The molecule has 1 aromatic carbocycles. The number of nitrogens with zero attached hydrogens (tertiary/aromatic N) is 1. The van der Waals surface area contributed by atoms with E-state index in [1.165, 1.54) is 12.1 Å². The van der Waals surface area contributed by atoms with Crippen molar-refractivity contribution in [1.82, 2.24) is 4.90 Å². The average molecular weight is 428 g/mol. The number of carbonyl (C=O) groups excluding carboxylic acids is 1. The monoisotopic (exact) mass is 427 g/mol. The van der Waals surface area contributed by atoms with E-state index in [-0.39, 0.29) is 35.6 Å². The lowest BCUT2D eigenvalue weighted by Crippen LogP contribution is -2.59. The third-order valence-electron chi connectivity index (χ3n) is 5.91. The molecule has 1 saturated heterocycles. The largest absolute Gasteiger partial charge is 0.340 e. The lowest BCUT2D eigenvalue weighted by Gasteiger charge is -2.41. The molecule has 0 N–H and O–H groups in total. The van der Waals surface area contributed by atoms with Crippen LogP contribution in [0.3, 0.4) is 0 Å². The van der Waals surface area contributed by atoms with Crippen LogP contribution in [0.25, 0.3) is 0 Å². The van der Waals surface area contributed by atoms with Crippen LogP contribution in [-0.2, 0) is 30.9 Å². The quantitative estimate of drug-likeness (QED) is 0.695. The van der Waals surface area contributed by atoms with E-state index in [1.807, 2.05) is 0 Å². The van der Waals surface area contributed by atoms with Gasteiger partial charge >= 0.3 is 0 Å². The third-order valence-corrected chi connectivity index (χ3v) is 10.7. The summed E-state index contributed by atoms with van der Waals surface area (Å²) in [4.78, 5) is 14.3. The molecule has 1 heterocycles. The Balaban J connectivity index is 1.55. The van der Waals surface area contributed by atoms with Crippen molar-refractivity contribution in [2.24, 2.45) is 0 Å². The van der Waals surface area contributed by atoms with Crippen molar-refractivity contribution < 1.29 is 21.6 Å². The standard InChI is InChI=1S/C20H29NO5S2/c1-15(2)27(23,24)18-10-8-16(9-11-18)12-20(22)21-13-19(14-21)28(25,26)17-6-4-3-5-7-17/h8-11,15,17,19H,3-7,12-14H2,1-2H3. The molecule has 0 spiro atoms. The maximum Gasteiger partial charge on any atom is 0.227 e. The third kappa shape index (κ3) is 4.27. The molecular formula is C20H29NO5S2. The first kappa shape index (κ1) is 21.3. The number of hydrogen-bond acceptors (Lipinski definition) is 5. The summed E-state index contributed by atoms with van der Waals surface area (Å²) in [5.41, 5.74) is 0.728. The number of amides is 1. The normalized spacial score (nSPS) is 19.6. The first-order valence-corrected chi connectivity index (χ1v) is 13.1. The summed E-state index contributed by atoms with van der Waals surface area (Å²) in [5.74, 6) is -0.116. The fraction of sp³-hybridized carbons (Fsp3) is 0.650. The van der Waals surface area contributed by atoms with Crippen LogP contribution in [-0.4, -0.2) is 56.5 Å². The van der Waals surface area contributed by atoms with Gasteiger partial charge in [-0.05, 0) is 44.4 Å². The molecule has 1 aromatic rings. The van der Waals surface area contributed by atoms with Crippen molar-refractivity contribution in [1.29, 1.82) is 0 Å². The first-order chi connectivity index (χ1) is 13.1. The highest BCUT2D eigenvalue weighted by molar-refractivity contribution is 7.92. The van der Waals surface area contributed by atoms with Crippen LogP contribution >= 0.6 is 0 Å². The molecule has 0 aromatic heterocycles. The molecule has 0 bridgehead atoms. The minimum absolute atomic E-state index is 0.116. The smallest absolute Gasteiger partial charge is 0.227 e. The number of sulfone groups is 2. The zero-order valence-electron chi connectivity index (χ0n) is 16.5. The second-order valence-corrected chi connectivity index (χ2v) is 13.2. The van der Waals surface area contributed by atoms with Gasteiger partial charge in [0.2, 0.25) is 5.91 Å². The zero-order chi connectivity index (χ0) is 20.5. The Morgan fingerprint density at radius 2 is 1.54 bits per heavy atom. The highest BCUT2D eigenvalue weighted by Gasteiger charge is 2.43. The van der Waals surface area contributed by atoms with Crippen molar-refractivity contribution in [3.63, 3.8) is 0 Å². The molecule has 0 atom stereocenters. The summed E-state index contributed by atoms with van der Waals surface area (Å²) in [6.07, 6.45) is 4.71. The summed E-state index contributed by atoms with van der Waals surface area (Å²) in [5, 5.41) is -1.17. The van der Waals surface area contributed by atoms with Gasteiger partial charge in [0, 0.05) is 13.1 Å². The fourth-order valence-electron chi connectivity index (χ4n) is 3.87. The number of hydrogen-bond donors (Lipinski definition) is 0. The van der Waals surface area contributed by atoms with Gasteiger partial charge in [-0.3, -0.25) is 4.79 Å². The SMILES string of the molecule is CC(C)S(=O)(=O)c1ccc(CC(=O)N2CC(S(=O)(=O)C3CCCCC3)C2)cc1. The summed E-state index contributed by atoms with van der Waals surface area (Å²) in [7, 11) is -6.48. The molecule has 156 valence electrons. The summed E-state index contributed by atoms with van der Waals surface area (Å²) < 4.78 is 49.7. The van der Waals surface area contributed by atoms with Gasteiger partial charge in [0.1, 0.15) is 0 Å². The van der Waals surface area contributed by atoms with E-state index >= 15 is 0 Å². The molecule has 28 heavy (non-hydrogen) atoms. The van der Waals surface area contributed by atoms with E-state index in [9.17, 15) is 21.6 Å². The Bertz CT molecular complexity index is 908. The Kier molecular flexibility index (Phi) is 6.20. The summed E-state index contributed by atoms with van der Waals surface area (Å²) >= 11 is 0. The Morgan fingerprint density at radius 1 is 0.964 bits per heavy atom. The highest BCUT2D eigenvalue weighted by Crippen LogP contribution is 2.30. The van der Waals surface area contributed by atoms with Gasteiger partial charge in [0.05, 0.1) is 27.1 Å². The molecule has 2 aliphatic rings. The number of rotatable bonds is 6. The number of benzene rings is 1. The van der Waals surface area contributed by atoms with Gasteiger partial charge < -0.3 is 4.90 Å².